The predicted octanol–water partition coefficient (Wildman–Crippen LogP) is 1.63. The van der Waals surface area contributed by atoms with Crippen molar-refractivity contribution in [2.75, 3.05) is 17.7 Å². The van der Waals surface area contributed by atoms with Crippen molar-refractivity contribution < 1.29 is 9.59 Å². The molecule has 1 aromatic rings. The van der Waals surface area contributed by atoms with Gasteiger partial charge in [0.1, 0.15) is 5.88 Å². The van der Waals surface area contributed by atoms with E-state index in [1.165, 1.54) is 0 Å². The second-order valence-electron chi connectivity index (χ2n) is 2.97. The fraction of sp³-hybridized carbons (Fsp3) is 0.200. The largest absolute Gasteiger partial charge is 0.346 e. The van der Waals surface area contributed by atoms with Crippen LogP contribution in [0.2, 0.25) is 5.02 Å². The number of hydrogen-bond acceptors (Lipinski definition) is 2. The van der Waals surface area contributed by atoms with Crippen LogP contribution in [0.25, 0.3) is 0 Å². The molecule has 6 heteroatoms. The van der Waals surface area contributed by atoms with E-state index in [0.29, 0.717) is 10.7 Å². The lowest BCUT2D eigenvalue weighted by Crippen LogP contribution is -2.33. The molecule has 0 saturated heterocycles. The lowest BCUT2D eigenvalue weighted by atomic mass is 10.3. The molecule has 0 spiro atoms. The second kappa shape index (κ2) is 6.35. The summed E-state index contributed by atoms with van der Waals surface area (Å²) in [5.41, 5.74) is 0.581. The van der Waals surface area contributed by atoms with Gasteiger partial charge in [0.25, 0.3) is 0 Å². The molecule has 0 aliphatic rings. The first-order valence-electron chi connectivity index (χ1n) is 4.50. The summed E-state index contributed by atoms with van der Waals surface area (Å²) < 4.78 is 0. The molecule has 1 aromatic carbocycles. The minimum Gasteiger partial charge on any atom is -0.346 e. The van der Waals surface area contributed by atoms with Crippen LogP contribution in [0.1, 0.15) is 0 Å². The molecule has 0 aliphatic heterocycles. The third kappa shape index (κ3) is 4.51. The van der Waals surface area contributed by atoms with E-state index in [1.54, 1.807) is 24.3 Å². The van der Waals surface area contributed by atoms with Gasteiger partial charge in [-0.05, 0) is 18.2 Å². The van der Waals surface area contributed by atoms with Gasteiger partial charge in [-0.1, -0.05) is 17.7 Å². The average molecular weight is 261 g/mol. The maximum absolute atomic E-state index is 11.3. The van der Waals surface area contributed by atoms with E-state index in [9.17, 15) is 9.59 Å². The Bertz CT molecular complexity index is 396. The third-order valence-corrected chi connectivity index (χ3v) is 2.15. The fourth-order valence-electron chi connectivity index (χ4n) is 0.998. The van der Waals surface area contributed by atoms with Crippen LogP contribution in [-0.2, 0) is 9.59 Å². The molecule has 0 unspecified atom stereocenters. The highest BCUT2D eigenvalue weighted by Crippen LogP contribution is 2.14. The van der Waals surface area contributed by atoms with Crippen molar-refractivity contribution in [1.82, 2.24) is 5.32 Å². The van der Waals surface area contributed by atoms with Gasteiger partial charge in [0, 0.05) is 10.7 Å². The number of nitrogens with one attached hydrogen (secondary N) is 2. The van der Waals surface area contributed by atoms with E-state index in [0.717, 1.165) is 0 Å². The molecule has 0 atom stereocenters. The van der Waals surface area contributed by atoms with Crippen LogP contribution in [0.5, 0.6) is 0 Å². The zero-order valence-electron chi connectivity index (χ0n) is 8.30. The molecule has 2 N–H and O–H groups in total. The van der Waals surface area contributed by atoms with Crippen molar-refractivity contribution in [2.24, 2.45) is 0 Å². The zero-order valence-corrected chi connectivity index (χ0v) is 9.81. The SMILES string of the molecule is O=C(CCl)NCC(=O)Nc1cccc(Cl)c1. The number of hydrogen-bond donors (Lipinski definition) is 2. The van der Waals surface area contributed by atoms with Gasteiger partial charge in [-0.2, -0.15) is 0 Å². The molecule has 0 aromatic heterocycles. The van der Waals surface area contributed by atoms with Crippen LogP contribution in [0.3, 0.4) is 0 Å². The minimum absolute atomic E-state index is 0.113. The Hall–Kier alpha value is -1.26. The van der Waals surface area contributed by atoms with Gasteiger partial charge in [-0.25, -0.2) is 0 Å². The normalized spacial score (nSPS) is 9.62. The number of carbonyl (C=O) groups is 2. The summed E-state index contributed by atoms with van der Waals surface area (Å²) in [5.74, 6) is -0.881. The molecule has 0 fully saturated rings. The zero-order chi connectivity index (χ0) is 12.0. The number of amides is 2. The van der Waals surface area contributed by atoms with Crippen LogP contribution in [0.15, 0.2) is 24.3 Å². The van der Waals surface area contributed by atoms with Crippen molar-refractivity contribution in [2.45, 2.75) is 0 Å². The maximum Gasteiger partial charge on any atom is 0.243 e. The highest BCUT2D eigenvalue weighted by atomic mass is 35.5. The molecule has 0 bridgehead atoms. The first-order valence-corrected chi connectivity index (χ1v) is 5.41. The Morgan fingerprint density at radius 3 is 2.62 bits per heavy atom. The third-order valence-electron chi connectivity index (χ3n) is 1.68. The molecular formula is C10H10Cl2N2O2. The number of alkyl halides is 1. The summed E-state index contributed by atoms with van der Waals surface area (Å²) in [6, 6.07) is 6.73. The van der Waals surface area contributed by atoms with Crippen molar-refractivity contribution in [3.63, 3.8) is 0 Å². The van der Waals surface area contributed by atoms with Crippen LogP contribution in [0.4, 0.5) is 5.69 Å². The monoisotopic (exact) mass is 260 g/mol. The molecule has 0 aliphatic carbocycles. The minimum atomic E-state index is -0.386. The topological polar surface area (TPSA) is 58.2 Å². The number of carbonyl (C=O) groups excluding carboxylic acids is 2. The predicted molar refractivity (Wildman–Crippen MR) is 63.8 cm³/mol. The smallest absolute Gasteiger partial charge is 0.243 e. The van der Waals surface area contributed by atoms with Crippen LogP contribution in [-0.4, -0.2) is 24.2 Å². The van der Waals surface area contributed by atoms with E-state index < -0.39 is 0 Å². The highest BCUT2D eigenvalue weighted by molar-refractivity contribution is 6.31. The Morgan fingerprint density at radius 2 is 2.00 bits per heavy atom. The highest BCUT2D eigenvalue weighted by Gasteiger charge is 2.04. The molecule has 86 valence electrons. The molecule has 1 rings (SSSR count). The average Bonchev–Trinajstić information content (AvgIpc) is 2.26. The second-order valence-corrected chi connectivity index (χ2v) is 3.67. The summed E-state index contributed by atoms with van der Waals surface area (Å²) in [4.78, 5) is 22.1. The maximum atomic E-state index is 11.3. The Morgan fingerprint density at radius 1 is 1.25 bits per heavy atom. The summed E-state index contributed by atoms with van der Waals surface area (Å²) in [5, 5.41) is 5.46. The Balaban J connectivity index is 2.43. The number of rotatable bonds is 4. The van der Waals surface area contributed by atoms with E-state index >= 15 is 0 Å². The van der Waals surface area contributed by atoms with Crippen LogP contribution in [0, 0.1) is 0 Å². The van der Waals surface area contributed by atoms with Gasteiger partial charge in [0.2, 0.25) is 11.8 Å². The number of anilines is 1. The standard InChI is InChI=1S/C10H10Cl2N2O2/c11-5-9(15)13-6-10(16)14-8-3-1-2-7(12)4-8/h1-4H,5-6H2,(H,13,15)(H,14,16). The lowest BCUT2D eigenvalue weighted by molar-refractivity contribution is -0.122. The molecule has 0 heterocycles. The van der Waals surface area contributed by atoms with Crippen LogP contribution < -0.4 is 10.6 Å². The molecule has 4 nitrogen and oxygen atoms in total. The number of halogens is 2. The molecule has 16 heavy (non-hydrogen) atoms. The van der Waals surface area contributed by atoms with Crippen LogP contribution >= 0.6 is 23.2 Å². The van der Waals surface area contributed by atoms with E-state index in [4.69, 9.17) is 23.2 Å². The first kappa shape index (κ1) is 12.8. The first-order chi connectivity index (χ1) is 7.61. The van der Waals surface area contributed by atoms with Crippen molar-refractivity contribution >= 4 is 40.7 Å². The van der Waals surface area contributed by atoms with Gasteiger partial charge < -0.3 is 10.6 Å². The molecule has 0 radical (unpaired) electrons. The lowest BCUT2D eigenvalue weighted by Gasteiger charge is -2.05. The Labute approximate surface area is 103 Å². The van der Waals surface area contributed by atoms with Gasteiger partial charge in [-0.3, -0.25) is 9.59 Å². The van der Waals surface area contributed by atoms with Gasteiger partial charge >= 0.3 is 0 Å². The summed E-state index contributed by atoms with van der Waals surface area (Å²) >= 11 is 11.0. The number of benzene rings is 1. The molecule has 2 amide bonds. The Kier molecular flexibility index (Phi) is 5.08. The quantitative estimate of drug-likeness (QED) is 0.809. The summed E-state index contributed by atoms with van der Waals surface area (Å²) in [6.07, 6.45) is 0. The van der Waals surface area contributed by atoms with Gasteiger partial charge in [0.05, 0.1) is 6.54 Å². The summed E-state index contributed by atoms with van der Waals surface area (Å²) in [7, 11) is 0. The van der Waals surface area contributed by atoms with Crippen molar-refractivity contribution in [1.29, 1.82) is 0 Å². The summed E-state index contributed by atoms with van der Waals surface area (Å²) in [6.45, 7) is -0.113. The molecule has 0 saturated carbocycles. The van der Waals surface area contributed by atoms with Gasteiger partial charge in [0.15, 0.2) is 0 Å². The van der Waals surface area contributed by atoms with Crippen molar-refractivity contribution in [3.05, 3.63) is 29.3 Å². The molecular weight excluding hydrogens is 251 g/mol. The van der Waals surface area contributed by atoms with E-state index in [-0.39, 0.29) is 24.2 Å². The van der Waals surface area contributed by atoms with E-state index in [1.807, 2.05) is 0 Å². The fourth-order valence-corrected chi connectivity index (χ4v) is 1.28. The van der Waals surface area contributed by atoms with Crippen molar-refractivity contribution in [3.8, 4) is 0 Å². The van der Waals surface area contributed by atoms with Gasteiger partial charge in [-0.15, -0.1) is 11.6 Å². The van der Waals surface area contributed by atoms with E-state index in [2.05, 4.69) is 10.6 Å².